The summed E-state index contributed by atoms with van der Waals surface area (Å²) in [6, 6.07) is 0. The molecule has 1 nitrogen and oxygen atoms in total. The van der Waals surface area contributed by atoms with Crippen LogP contribution in [-0.4, -0.2) is 18.5 Å². The highest BCUT2D eigenvalue weighted by atomic mass is 79.9. The van der Waals surface area contributed by atoms with Crippen molar-refractivity contribution < 1.29 is 4.74 Å². The van der Waals surface area contributed by atoms with Crippen LogP contribution in [0.5, 0.6) is 0 Å². The molecule has 0 heterocycles. The zero-order valence-corrected chi connectivity index (χ0v) is 7.86. The first-order valence-electron chi connectivity index (χ1n) is 3.89. The average molecular weight is 205 g/mol. The molecule has 0 amide bonds. The number of alkyl halides is 1. The molecule has 2 aliphatic rings. The number of hydrogen-bond donors (Lipinski definition) is 0. The van der Waals surface area contributed by atoms with E-state index < -0.39 is 0 Å². The third kappa shape index (κ3) is 0.850. The van der Waals surface area contributed by atoms with Crippen LogP contribution in [0.1, 0.15) is 19.3 Å². The first-order valence-corrected chi connectivity index (χ1v) is 5.02. The molecule has 0 radical (unpaired) electrons. The Hall–Kier alpha value is 0.440. The first kappa shape index (κ1) is 7.11. The van der Waals surface area contributed by atoms with Crippen molar-refractivity contribution in [2.24, 2.45) is 11.3 Å². The van der Waals surface area contributed by atoms with E-state index in [0.29, 0.717) is 6.10 Å². The van der Waals surface area contributed by atoms with E-state index in [1.807, 2.05) is 7.11 Å². The Morgan fingerprint density at radius 3 is 2.60 bits per heavy atom. The second-order valence-corrected chi connectivity index (χ2v) is 4.33. The second kappa shape index (κ2) is 2.21. The van der Waals surface area contributed by atoms with Crippen molar-refractivity contribution in [1.82, 2.24) is 0 Å². The van der Waals surface area contributed by atoms with Crippen LogP contribution in [-0.2, 0) is 4.74 Å². The molecule has 1 atom stereocenters. The van der Waals surface area contributed by atoms with Gasteiger partial charge in [0.2, 0.25) is 0 Å². The number of ether oxygens (including phenoxy) is 1. The minimum absolute atomic E-state index is 0.587. The van der Waals surface area contributed by atoms with Crippen LogP contribution in [0.15, 0.2) is 0 Å². The largest absolute Gasteiger partial charge is 0.381 e. The summed E-state index contributed by atoms with van der Waals surface area (Å²) >= 11 is 3.53. The second-order valence-electron chi connectivity index (χ2n) is 3.68. The van der Waals surface area contributed by atoms with Crippen LogP contribution in [0.2, 0.25) is 0 Å². The van der Waals surface area contributed by atoms with Crippen molar-refractivity contribution in [2.45, 2.75) is 25.4 Å². The molecular weight excluding hydrogens is 192 g/mol. The Bertz CT molecular complexity index is 140. The smallest absolute Gasteiger partial charge is 0.0582 e. The molecule has 0 aromatic carbocycles. The van der Waals surface area contributed by atoms with Gasteiger partial charge in [-0.2, -0.15) is 0 Å². The van der Waals surface area contributed by atoms with Crippen LogP contribution >= 0.6 is 15.9 Å². The van der Waals surface area contributed by atoms with Gasteiger partial charge in [-0.05, 0) is 30.6 Å². The van der Waals surface area contributed by atoms with E-state index in [1.165, 1.54) is 24.6 Å². The lowest BCUT2D eigenvalue weighted by Gasteiger charge is -2.35. The van der Waals surface area contributed by atoms with Crippen molar-refractivity contribution >= 4 is 15.9 Å². The molecule has 2 saturated carbocycles. The summed E-state index contributed by atoms with van der Waals surface area (Å²) < 4.78 is 5.24. The van der Waals surface area contributed by atoms with Gasteiger partial charge >= 0.3 is 0 Å². The predicted octanol–water partition coefficient (Wildman–Crippen LogP) is 2.20. The molecule has 1 unspecified atom stereocenters. The fourth-order valence-corrected chi connectivity index (χ4v) is 3.08. The van der Waals surface area contributed by atoms with Gasteiger partial charge in [-0.3, -0.25) is 0 Å². The molecule has 0 N–H and O–H groups in total. The van der Waals surface area contributed by atoms with Crippen molar-refractivity contribution in [1.29, 1.82) is 0 Å². The molecule has 0 aliphatic heterocycles. The summed E-state index contributed by atoms with van der Waals surface area (Å²) in [7, 11) is 1.82. The molecule has 1 spiro atoms. The van der Waals surface area contributed by atoms with Gasteiger partial charge in [0.1, 0.15) is 0 Å². The van der Waals surface area contributed by atoms with Gasteiger partial charge in [0.15, 0.2) is 0 Å². The molecule has 2 fully saturated rings. The molecule has 0 aromatic rings. The van der Waals surface area contributed by atoms with E-state index in [2.05, 4.69) is 15.9 Å². The Morgan fingerprint density at radius 2 is 2.20 bits per heavy atom. The first-order chi connectivity index (χ1) is 4.80. The van der Waals surface area contributed by atoms with Gasteiger partial charge in [-0.15, -0.1) is 0 Å². The van der Waals surface area contributed by atoms with Crippen molar-refractivity contribution in [2.75, 3.05) is 12.4 Å². The Labute approximate surface area is 70.3 Å². The SMILES string of the molecule is COC1CC2(C1)CC2CBr. The monoisotopic (exact) mass is 204 g/mol. The fraction of sp³-hybridized carbons (Fsp3) is 1.00. The molecule has 0 saturated heterocycles. The number of methoxy groups -OCH3 is 1. The van der Waals surface area contributed by atoms with E-state index in [9.17, 15) is 0 Å². The molecule has 10 heavy (non-hydrogen) atoms. The van der Waals surface area contributed by atoms with Crippen molar-refractivity contribution in [3.05, 3.63) is 0 Å². The fourth-order valence-electron chi connectivity index (χ4n) is 2.16. The summed E-state index contributed by atoms with van der Waals surface area (Å²) in [5, 5.41) is 1.20. The van der Waals surface area contributed by atoms with Crippen molar-refractivity contribution in [3.63, 3.8) is 0 Å². The lowest BCUT2D eigenvalue weighted by atomic mass is 9.77. The van der Waals surface area contributed by atoms with E-state index in [-0.39, 0.29) is 0 Å². The zero-order chi connectivity index (χ0) is 7.19. The molecule has 58 valence electrons. The lowest BCUT2D eigenvalue weighted by Crippen LogP contribution is -2.33. The van der Waals surface area contributed by atoms with Gasteiger partial charge in [0.25, 0.3) is 0 Å². The average Bonchev–Trinajstić information content (AvgIpc) is 2.58. The summed E-state index contributed by atoms with van der Waals surface area (Å²) in [5.41, 5.74) is 0.740. The number of hydrogen-bond acceptors (Lipinski definition) is 1. The normalized spacial score (nSPS) is 51.0. The third-order valence-corrected chi connectivity index (χ3v) is 3.93. The standard InChI is InChI=1S/C8H13BrO/c1-10-7-3-8(4-7)2-6(8)5-9/h6-7H,2-5H2,1H3. The van der Waals surface area contributed by atoms with Crippen LogP contribution in [0.3, 0.4) is 0 Å². The predicted molar refractivity (Wildman–Crippen MR) is 44.4 cm³/mol. The van der Waals surface area contributed by atoms with Gasteiger partial charge in [0.05, 0.1) is 6.10 Å². The highest BCUT2D eigenvalue weighted by Gasteiger charge is 2.60. The molecular formula is C8H13BrO. The maximum Gasteiger partial charge on any atom is 0.0582 e. The van der Waals surface area contributed by atoms with Crippen molar-refractivity contribution in [3.8, 4) is 0 Å². The molecule has 0 aromatic heterocycles. The van der Waals surface area contributed by atoms with Crippen LogP contribution in [0.25, 0.3) is 0 Å². The summed E-state index contributed by atoms with van der Waals surface area (Å²) in [6.45, 7) is 0. The highest BCUT2D eigenvalue weighted by Crippen LogP contribution is 2.66. The summed E-state index contributed by atoms with van der Waals surface area (Å²) in [4.78, 5) is 0. The molecule has 2 rings (SSSR count). The Kier molecular flexibility index (Phi) is 1.57. The zero-order valence-electron chi connectivity index (χ0n) is 6.27. The third-order valence-electron chi connectivity index (χ3n) is 3.15. The highest BCUT2D eigenvalue weighted by molar-refractivity contribution is 9.09. The van der Waals surface area contributed by atoms with E-state index in [4.69, 9.17) is 4.74 Å². The minimum atomic E-state index is 0.587. The molecule has 2 heteroatoms. The van der Waals surface area contributed by atoms with Crippen LogP contribution in [0, 0.1) is 11.3 Å². The molecule has 0 bridgehead atoms. The minimum Gasteiger partial charge on any atom is -0.381 e. The van der Waals surface area contributed by atoms with Crippen LogP contribution < -0.4 is 0 Å². The molecule has 2 aliphatic carbocycles. The van der Waals surface area contributed by atoms with Crippen LogP contribution in [0.4, 0.5) is 0 Å². The maximum absolute atomic E-state index is 5.24. The van der Waals surface area contributed by atoms with Gasteiger partial charge in [-0.1, -0.05) is 15.9 Å². The maximum atomic E-state index is 5.24. The number of halogens is 1. The Morgan fingerprint density at radius 1 is 1.50 bits per heavy atom. The summed E-state index contributed by atoms with van der Waals surface area (Å²) in [6.07, 6.45) is 4.67. The van der Waals surface area contributed by atoms with Gasteiger partial charge < -0.3 is 4.74 Å². The quantitative estimate of drug-likeness (QED) is 0.628. The Balaban J connectivity index is 1.81. The topological polar surface area (TPSA) is 9.23 Å². The lowest BCUT2D eigenvalue weighted by molar-refractivity contribution is -0.0157. The number of rotatable bonds is 2. The van der Waals surface area contributed by atoms with E-state index in [1.54, 1.807) is 0 Å². The van der Waals surface area contributed by atoms with Gasteiger partial charge in [-0.25, -0.2) is 0 Å². The van der Waals surface area contributed by atoms with E-state index in [0.717, 1.165) is 11.3 Å². The van der Waals surface area contributed by atoms with E-state index >= 15 is 0 Å². The van der Waals surface area contributed by atoms with Gasteiger partial charge in [0, 0.05) is 12.4 Å². The summed E-state index contributed by atoms with van der Waals surface area (Å²) in [5.74, 6) is 0.971.